The Balaban J connectivity index is 1.53. The lowest BCUT2D eigenvalue weighted by atomic mass is 9.93. The molecule has 1 aliphatic heterocycles. The van der Waals surface area contributed by atoms with Crippen molar-refractivity contribution in [2.45, 2.75) is 19.3 Å². The lowest BCUT2D eigenvalue weighted by molar-refractivity contribution is -0.135. The third-order valence-corrected chi connectivity index (χ3v) is 4.32. The van der Waals surface area contributed by atoms with Crippen molar-refractivity contribution in [1.29, 1.82) is 0 Å². The van der Waals surface area contributed by atoms with E-state index in [-0.39, 0.29) is 18.3 Å². The van der Waals surface area contributed by atoms with Crippen LogP contribution in [0.4, 0.5) is 10.2 Å². The largest absolute Gasteiger partial charge is 0.484 e. The van der Waals surface area contributed by atoms with E-state index in [1.165, 1.54) is 12.1 Å². The molecule has 1 aromatic carbocycles. The van der Waals surface area contributed by atoms with Crippen molar-refractivity contribution in [1.82, 2.24) is 14.9 Å². The van der Waals surface area contributed by atoms with E-state index in [9.17, 15) is 9.18 Å². The molecule has 25 heavy (non-hydrogen) atoms. The molecule has 3 rings (SSSR count). The lowest BCUT2D eigenvalue weighted by Crippen LogP contribution is -2.42. The van der Waals surface area contributed by atoms with Gasteiger partial charge >= 0.3 is 0 Å². The maximum Gasteiger partial charge on any atom is 0.260 e. The Kier molecular flexibility index (Phi) is 5.42. The molecule has 2 aromatic rings. The van der Waals surface area contributed by atoms with Crippen molar-refractivity contribution < 1.29 is 13.9 Å². The molecule has 0 radical (unpaired) electrons. The number of carbonyl (C=O) groups is 1. The Bertz CT molecular complexity index is 741. The molecule has 1 amide bonds. The molecule has 6 nitrogen and oxygen atoms in total. The van der Waals surface area contributed by atoms with Crippen LogP contribution in [-0.2, 0) is 11.2 Å². The summed E-state index contributed by atoms with van der Waals surface area (Å²) < 4.78 is 18.5. The molecule has 2 heterocycles. The normalized spacial score (nSPS) is 17.3. The number of carbonyl (C=O) groups excluding carboxylic acids is 1. The molecule has 1 fully saturated rings. The SMILES string of the molecule is Nc1nccnc1C[C@H]1CCCN(C(=O)COc2cccc(F)c2)C1. The number of hydrogen-bond acceptors (Lipinski definition) is 5. The van der Waals surface area contributed by atoms with Crippen molar-refractivity contribution >= 4 is 11.7 Å². The molecule has 0 bridgehead atoms. The Morgan fingerprint density at radius 1 is 1.36 bits per heavy atom. The first kappa shape index (κ1) is 17.1. The first-order valence-electron chi connectivity index (χ1n) is 8.33. The average Bonchev–Trinajstić information content (AvgIpc) is 2.62. The highest BCUT2D eigenvalue weighted by atomic mass is 19.1. The van der Waals surface area contributed by atoms with Crippen LogP contribution in [0, 0.1) is 11.7 Å². The highest BCUT2D eigenvalue weighted by molar-refractivity contribution is 5.77. The van der Waals surface area contributed by atoms with Gasteiger partial charge in [-0.3, -0.25) is 9.78 Å². The highest BCUT2D eigenvalue weighted by Crippen LogP contribution is 2.22. The van der Waals surface area contributed by atoms with Crippen molar-refractivity contribution in [3.8, 4) is 5.75 Å². The fourth-order valence-corrected chi connectivity index (χ4v) is 3.06. The van der Waals surface area contributed by atoms with E-state index in [2.05, 4.69) is 9.97 Å². The van der Waals surface area contributed by atoms with Gasteiger partial charge in [0.05, 0.1) is 5.69 Å². The maximum atomic E-state index is 13.1. The van der Waals surface area contributed by atoms with E-state index in [1.807, 2.05) is 0 Å². The summed E-state index contributed by atoms with van der Waals surface area (Å²) in [5.41, 5.74) is 6.63. The van der Waals surface area contributed by atoms with Crippen LogP contribution < -0.4 is 10.5 Å². The van der Waals surface area contributed by atoms with Gasteiger partial charge in [0.1, 0.15) is 17.4 Å². The van der Waals surface area contributed by atoms with Crippen LogP contribution >= 0.6 is 0 Å². The number of aromatic nitrogens is 2. The van der Waals surface area contributed by atoms with Crippen LogP contribution in [0.25, 0.3) is 0 Å². The molecule has 1 saturated heterocycles. The fraction of sp³-hybridized carbons (Fsp3) is 0.389. The van der Waals surface area contributed by atoms with Crippen molar-refractivity contribution in [3.63, 3.8) is 0 Å². The Morgan fingerprint density at radius 3 is 3.00 bits per heavy atom. The van der Waals surface area contributed by atoms with E-state index in [4.69, 9.17) is 10.5 Å². The van der Waals surface area contributed by atoms with Crippen LogP contribution in [0.5, 0.6) is 5.75 Å². The topological polar surface area (TPSA) is 81.3 Å². The molecule has 0 saturated carbocycles. The zero-order chi connectivity index (χ0) is 17.6. The summed E-state index contributed by atoms with van der Waals surface area (Å²) in [5.74, 6) is 0.617. The zero-order valence-corrected chi connectivity index (χ0v) is 13.9. The smallest absolute Gasteiger partial charge is 0.260 e. The molecule has 7 heteroatoms. The summed E-state index contributed by atoms with van der Waals surface area (Å²) >= 11 is 0. The number of halogens is 1. The van der Waals surface area contributed by atoms with E-state index in [0.29, 0.717) is 37.0 Å². The molecular formula is C18H21FN4O2. The number of nitrogens with two attached hydrogens (primary N) is 1. The second-order valence-corrected chi connectivity index (χ2v) is 6.19. The van der Waals surface area contributed by atoms with Gasteiger partial charge in [-0.2, -0.15) is 0 Å². The maximum absolute atomic E-state index is 13.1. The number of piperidine rings is 1. The van der Waals surface area contributed by atoms with Crippen LogP contribution in [-0.4, -0.2) is 40.5 Å². The van der Waals surface area contributed by atoms with Gasteiger partial charge in [0.2, 0.25) is 0 Å². The van der Waals surface area contributed by atoms with Gasteiger partial charge in [-0.1, -0.05) is 6.07 Å². The monoisotopic (exact) mass is 344 g/mol. The first-order chi connectivity index (χ1) is 12.1. The van der Waals surface area contributed by atoms with Gasteiger partial charge in [-0.15, -0.1) is 0 Å². The summed E-state index contributed by atoms with van der Waals surface area (Å²) in [6.07, 6.45) is 5.85. The van der Waals surface area contributed by atoms with Crippen LogP contribution in [0.2, 0.25) is 0 Å². The molecule has 0 unspecified atom stereocenters. The number of benzene rings is 1. The molecule has 2 N–H and O–H groups in total. The number of likely N-dealkylation sites (tertiary alicyclic amines) is 1. The lowest BCUT2D eigenvalue weighted by Gasteiger charge is -2.32. The van der Waals surface area contributed by atoms with Crippen LogP contribution in [0.1, 0.15) is 18.5 Å². The predicted octanol–water partition coefficient (Wildman–Crippen LogP) is 2.06. The molecule has 0 aliphatic carbocycles. The molecule has 0 spiro atoms. The van der Waals surface area contributed by atoms with Gasteiger partial charge in [0.25, 0.3) is 5.91 Å². The summed E-state index contributed by atoms with van der Waals surface area (Å²) in [6.45, 7) is 1.25. The second-order valence-electron chi connectivity index (χ2n) is 6.19. The van der Waals surface area contributed by atoms with Gasteiger partial charge < -0.3 is 15.4 Å². The number of nitrogens with zero attached hydrogens (tertiary/aromatic N) is 3. The number of nitrogen functional groups attached to an aromatic ring is 1. The Labute approximate surface area is 145 Å². The van der Waals surface area contributed by atoms with Gasteiger partial charge in [-0.05, 0) is 37.3 Å². The third-order valence-electron chi connectivity index (χ3n) is 4.32. The molecule has 1 aliphatic rings. The molecule has 1 atom stereocenters. The minimum atomic E-state index is -0.385. The number of ether oxygens (including phenoxy) is 1. The van der Waals surface area contributed by atoms with Gasteiger partial charge in [0, 0.05) is 31.5 Å². The number of amides is 1. The fourth-order valence-electron chi connectivity index (χ4n) is 3.06. The van der Waals surface area contributed by atoms with Crippen LogP contribution in [0.15, 0.2) is 36.7 Å². The predicted molar refractivity (Wildman–Crippen MR) is 91.3 cm³/mol. The number of rotatable bonds is 5. The first-order valence-corrected chi connectivity index (χ1v) is 8.33. The summed E-state index contributed by atoms with van der Waals surface area (Å²) in [4.78, 5) is 22.5. The number of hydrogen-bond donors (Lipinski definition) is 1. The minimum absolute atomic E-state index is 0.0938. The summed E-state index contributed by atoms with van der Waals surface area (Å²) in [7, 11) is 0. The molecule has 1 aromatic heterocycles. The summed E-state index contributed by atoms with van der Waals surface area (Å²) in [6, 6.07) is 5.79. The van der Waals surface area contributed by atoms with E-state index in [1.54, 1.807) is 29.4 Å². The quantitative estimate of drug-likeness (QED) is 0.898. The van der Waals surface area contributed by atoms with Crippen LogP contribution in [0.3, 0.4) is 0 Å². The van der Waals surface area contributed by atoms with E-state index in [0.717, 1.165) is 18.5 Å². The molecule has 132 valence electrons. The third kappa shape index (κ3) is 4.65. The van der Waals surface area contributed by atoms with Crippen molar-refractivity contribution in [2.75, 3.05) is 25.4 Å². The van der Waals surface area contributed by atoms with Gasteiger partial charge in [-0.25, -0.2) is 9.37 Å². The Hall–Kier alpha value is -2.70. The number of anilines is 1. The minimum Gasteiger partial charge on any atom is -0.484 e. The van der Waals surface area contributed by atoms with Crippen molar-refractivity contribution in [2.24, 2.45) is 5.92 Å². The zero-order valence-electron chi connectivity index (χ0n) is 13.9. The Morgan fingerprint density at radius 2 is 2.20 bits per heavy atom. The van der Waals surface area contributed by atoms with Gasteiger partial charge in [0.15, 0.2) is 6.61 Å². The molecular weight excluding hydrogens is 323 g/mol. The highest BCUT2D eigenvalue weighted by Gasteiger charge is 2.25. The van der Waals surface area contributed by atoms with E-state index < -0.39 is 0 Å². The summed E-state index contributed by atoms with van der Waals surface area (Å²) in [5, 5.41) is 0. The second kappa shape index (κ2) is 7.92. The van der Waals surface area contributed by atoms with E-state index >= 15 is 0 Å². The van der Waals surface area contributed by atoms with Crippen molar-refractivity contribution in [3.05, 3.63) is 48.2 Å². The standard InChI is InChI=1S/C18H21FN4O2/c19-14-4-1-5-15(10-14)25-12-17(24)23-8-2-3-13(11-23)9-16-18(20)22-7-6-21-16/h1,4-7,10,13H,2-3,8-9,11-12H2,(H2,20,22)/t13-/m1/s1. The average molecular weight is 344 g/mol.